The van der Waals surface area contributed by atoms with Gasteiger partial charge in [-0.3, -0.25) is 0 Å². The number of hydrogen-bond acceptors (Lipinski definition) is 2. The summed E-state index contributed by atoms with van der Waals surface area (Å²) in [6.45, 7) is 0.145. The predicted octanol–water partition coefficient (Wildman–Crippen LogP) is 2.07. The fraction of sp³-hybridized carbons (Fsp3) is 0.500. The van der Waals surface area contributed by atoms with Crippen LogP contribution in [0, 0.1) is 0 Å². The number of hydrogen-bond donors (Lipinski definition) is 1. The molecule has 2 nitrogen and oxygen atoms in total. The summed E-state index contributed by atoms with van der Waals surface area (Å²) in [5.74, 6) is 0.983. The third-order valence-corrected chi connectivity index (χ3v) is 2.98. The van der Waals surface area contributed by atoms with E-state index in [0.717, 1.165) is 24.2 Å². The lowest BCUT2D eigenvalue weighted by atomic mass is 9.88. The van der Waals surface area contributed by atoms with Crippen LogP contribution in [0.25, 0.3) is 0 Å². The van der Waals surface area contributed by atoms with Crippen molar-refractivity contribution in [1.82, 2.24) is 0 Å². The fourth-order valence-corrected chi connectivity index (χ4v) is 2.25. The highest BCUT2D eigenvalue weighted by Gasteiger charge is 2.16. The van der Waals surface area contributed by atoms with Gasteiger partial charge in [-0.05, 0) is 48.4 Å². The van der Waals surface area contributed by atoms with Crippen LogP contribution in [0.15, 0.2) is 12.1 Å². The van der Waals surface area contributed by atoms with Gasteiger partial charge in [0.05, 0.1) is 13.7 Å². The van der Waals surface area contributed by atoms with Crippen molar-refractivity contribution in [2.75, 3.05) is 7.11 Å². The van der Waals surface area contributed by atoms with Crippen LogP contribution in [-0.4, -0.2) is 12.2 Å². The van der Waals surface area contributed by atoms with Gasteiger partial charge in [-0.2, -0.15) is 0 Å². The fourth-order valence-electron chi connectivity index (χ4n) is 2.25. The van der Waals surface area contributed by atoms with Crippen molar-refractivity contribution in [3.8, 4) is 5.75 Å². The summed E-state index contributed by atoms with van der Waals surface area (Å²) in [5, 5.41) is 9.22. The van der Waals surface area contributed by atoms with E-state index >= 15 is 0 Å². The lowest BCUT2D eigenvalue weighted by molar-refractivity contribution is 0.279. The molecule has 1 N–H and O–H groups in total. The molecule has 1 aliphatic rings. The van der Waals surface area contributed by atoms with E-state index in [9.17, 15) is 5.11 Å². The Morgan fingerprint density at radius 1 is 1.21 bits per heavy atom. The average Bonchev–Trinajstić information content (AvgIpc) is 2.27. The molecule has 0 unspecified atom stereocenters. The summed E-state index contributed by atoms with van der Waals surface area (Å²) in [4.78, 5) is 0. The van der Waals surface area contributed by atoms with Crippen molar-refractivity contribution in [1.29, 1.82) is 0 Å². The molecule has 0 saturated carbocycles. The standard InChI is InChI=1S/C12H16O2/c1-14-12-7-6-9(8-13)10-4-2-3-5-11(10)12/h6-7,13H,2-5,8H2,1H3. The van der Waals surface area contributed by atoms with E-state index in [1.54, 1.807) is 7.11 Å². The molecule has 0 saturated heterocycles. The van der Waals surface area contributed by atoms with Crippen LogP contribution in [0.5, 0.6) is 5.75 Å². The lowest BCUT2D eigenvalue weighted by Crippen LogP contribution is -2.08. The molecule has 0 bridgehead atoms. The van der Waals surface area contributed by atoms with Crippen molar-refractivity contribution in [2.24, 2.45) is 0 Å². The highest BCUT2D eigenvalue weighted by atomic mass is 16.5. The Hall–Kier alpha value is -1.02. The molecule has 76 valence electrons. The van der Waals surface area contributed by atoms with E-state index in [1.807, 2.05) is 12.1 Å². The summed E-state index contributed by atoms with van der Waals surface area (Å²) in [6.07, 6.45) is 4.64. The molecule has 1 aromatic rings. The first-order chi connectivity index (χ1) is 6.86. The average molecular weight is 192 g/mol. The van der Waals surface area contributed by atoms with E-state index in [-0.39, 0.29) is 6.61 Å². The second-order valence-corrected chi connectivity index (χ2v) is 3.75. The molecule has 0 spiro atoms. The molecule has 0 fully saturated rings. The van der Waals surface area contributed by atoms with Crippen LogP contribution in [0.2, 0.25) is 0 Å². The predicted molar refractivity (Wildman–Crippen MR) is 55.6 cm³/mol. The minimum atomic E-state index is 0.145. The summed E-state index contributed by atoms with van der Waals surface area (Å²) in [7, 11) is 1.71. The number of ether oxygens (including phenoxy) is 1. The molecule has 0 atom stereocenters. The number of aliphatic hydroxyl groups excluding tert-OH is 1. The molecule has 0 aliphatic heterocycles. The SMILES string of the molecule is COc1ccc(CO)c2c1CCCC2. The first-order valence-electron chi connectivity index (χ1n) is 5.15. The maximum atomic E-state index is 9.22. The molecule has 0 radical (unpaired) electrons. The molecular formula is C12H16O2. The Morgan fingerprint density at radius 3 is 2.57 bits per heavy atom. The zero-order valence-corrected chi connectivity index (χ0v) is 8.55. The van der Waals surface area contributed by atoms with Crippen molar-refractivity contribution < 1.29 is 9.84 Å². The summed E-state index contributed by atoms with van der Waals surface area (Å²) in [5.41, 5.74) is 3.70. The smallest absolute Gasteiger partial charge is 0.122 e. The van der Waals surface area contributed by atoms with Gasteiger partial charge < -0.3 is 9.84 Å². The van der Waals surface area contributed by atoms with Gasteiger partial charge in [0.2, 0.25) is 0 Å². The minimum absolute atomic E-state index is 0.145. The molecule has 1 aliphatic carbocycles. The van der Waals surface area contributed by atoms with Gasteiger partial charge >= 0.3 is 0 Å². The number of fused-ring (bicyclic) bond motifs is 1. The Labute approximate surface area is 84.5 Å². The Bertz CT molecular complexity index is 298. The summed E-state index contributed by atoms with van der Waals surface area (Å²) in [6, 6.07) is 3.94. The second kappa shape index (κ2) is 4.01. The van der Waals surface area contributed by atoms with E-state index in [0.29, 0.717) is 0 Å². The third kappa shape index (κ3) is 1.50. The van der Waals surface area contributed by atoms with Crippen molar-refractivity contribution in [3.63, 3.8) is 0 Å². The third-order valence-electron chi connectivity index (χ3n) is 2.98. The van der Waals surface area contributed by atoms with Gasteiger partial charge in [-0.25, -0.2) is 0 Å². The van der Waals surface area contributed by atoms with E-state index < -0.39 is 0 Å². The van der Waals surface area contributed by atoms with Gasteiger partial charge in [0.15, 0.2) is 0 Å². The van der Waals surface area contributed by atoms with Crippen LogP contribution in [-0.2, 0) is 19.4 Å². The van der Waals surface area contributed by atoms with Gasteiger partial charge in [0, 0.05) is 0 Å². The van der Waals surface area contributed by atoms with E-state index in [2.05, 4.69) is 0 Å². The van der Waals surface area contributed by atoms with E-state index in [4.69, 9.17) is 4.74 Å². The minimum Gasteiger partial charge on any atom is -0.496 e. The van der Waals surface area contributed by atoms with Crippen molar-refractivity contribution in [2.45, 2.75) is 32.3 Å². The largest absolute Gasteiger partial charge is 0.496 e. The number of aliphatic hydroxyl groups is 1. The molecule has 1 aromatic carbocycles. The van der Waals surface area contributed by atoms with Crippen LogP contribution in [0.1, 0.15) is 29.5 Å². The monoisotopic (exact) mass is 192 g/mol. The molecule has 2 rings (SSSR count). The first kappa shape index (κ1) is 9.53. The Kier molecular flexibility index (Phi) is 2.73. The number of methoxy groups -OCH3 is 1. The highest BCUT2D eigenvalue weighted by Crippen LogP contribution is 2.31. The molecule has 2 heteroatoms. The number of rotatable bonds is 2. The van der Waals surface area contributed by atoms with Crippen molar-refractivity contribution >= 4 is 0 Å². The molecule has 0 aromatic heterocycles. The summed E-state index contributed by atoms with van der Waals surface area (Å²) < 4.78 is 5.33. The van der Waals surface area contributed by atoms with E-state index in [1.165, 1.54) is 24.0 Å². The normalized spacial score (nSPS) is 15.0. The quantitative estimate of drug-likeness (QED) is 0.777. The molecule has 0 amide bonds. The maximum Gasteiger partial charge on any atom is 0.122 e. The Morgan fingerprint density at radius 2 is 1.93 bits per heavy atom. The molecular weight excluding hydrogens is 176 g/mol. The van der Waals surface area contributed by atoms with Crippen LogP contribution in [0.4, 0.5) is 0 Å². The second-order valence-electron chi connectivity index (χ2n) is 3.75. The zero-order chi connectivity index (χ0) is 9.97. The Balaban J connectivity index is 2.50. The molecule has 14 heavy (non-hydrogen) atoms. The van der Waals surface area contributed by atoms with Gasteiger partial charge in [0.25, 0.3) is 0 Å². The topological polar surface area (TPSA) is 29.5 Å². The summed E-state index contributed by atoms with van der Waals surface area (Å²) >= 11 is 0. The van der Waals surface area contributed by atoms with Crippen molar-refractivity contribution in [3.05, 3.63) is 28.8 Å². The van der Waals surface area contributed by atoms with Gasteiger partial charge in [0.1, 0.15) is 5.75 Å². The zero-order valence-electron chi connectivity index (χ0n) is 8.55. The number of benzene rings is 1. The van der Waals surface area contributed by atoms with Crippen LogP contribution in [0.3, 0.4) is 0 Å². The van der Waals surface area contributed by atoms with Gasteiger partial charge in [-0.15, -0.1) is 0 Å². The van der Waals surface area contributed by atoms with Crippen LogP contribution < -0.4 is 4.74 Å². The maximum absolute atomic E-state index is 9.22. The molecule has 0 heterocycles. The highest BCUT2D eigenvalue weighted by molar-refractivity contribution is 5.46. The lowest BCUT2D eigenvalue weighted by Gasteiger charge is -2.21. The van der Waals surface area contributed by atoms with Gasteiger partial charge in [-0.1, -0.05) is 6.07 Å². The first-order valence-corrected chi connectivity index (χ1v) is 5.15. The van der Waals surface area contributed by atoms with Crippen LogP contribution >= 0.6 is 0 Å².